The lowest BCUT2D eigenvalue weighted by molar-refractivity contribution is -0.0157. The third kappa shape index (κ3) is 2.73. The van der Waals surface area contributed by atoms with Crippen molar-refractivity contribution in [2.24, 2.45) is 0 Å². The van der Waals surface area contributed by atoms with Gasteiger partial charge in [0.25, 0.3) is 0 Å². The van der Waals surface area contributed by atoms with E-state index in [1.807, 2.05) is 0 Å². The second-order valence-electron chi connectivity index (χ2n) is 4.44. The van der Waals surface area contributed by atoms with Crippen LogP contribution in [0.3, 0.4) is 0 Å². The maximum atomic E-state index is 13.1. The van der Waals surface area contributed by atoms with E-state index in [0.717, 1.165) is 0 Å². The molecule has 2 atom stereocenters. The van der Waals surface area contributed by atoms with E-state index in [1.54, 1.807) is 14.2 Å². The van der Waals surface area contributed by atoms with E-state index >= 15 is 0 Å². The number of benzene rings is 1. The van der Waals surface area contributed by atoms with Crippen molar-refractivity contribution in [1.29, 1.82) is 0 Å². The molecule has 0 amide bonds. The fourth-order valence-electron chi connectivity index (χ4n) is 2.30. The Labute approximate surface area is 106 Å². The van der Waals surface area contributed by atoms with Gasteiger partial charge in [-0.25, -0.2) is 4.39 Å². The lowest BCUT2D eigenvalue weighted by atomic mass is 10.2. The predicted molar refractivity (Wildman–Crippen MR) is 66.1 cm³/mol. The fraction of sp³-hybridized carbons (Fsp3) is 0.538. The number of nitrogens with two attached hydrogens (primary N) is 1. The number of rotatable bonds is 4. The maximum Gasteiger partial charge on any atom is 0.145 e. The molecule has 0 heterocycles. The molecule has 1 aromatic rings. The quantitative estimate of drug-likeness (QED) is 0.836. The Kier molecular flexibility index (Phi) is 4.04. The first-order chi connectivity index (χ1) is 8.63. The van der Waals surface area contributed by atoms with Crippen LogP contribution < -0.4 is 10.5 Å². The highest BCUT2D eigenvalue weighted by Gasteiger charge is 2.36. The Hall–Kier alpha value is -1.33. The van der Waals surface area contributed by atoms with Crippen LogP contribution in [-0.2, 0) is 9.47 Å². The summed E-state index contributed by atoms with van der Waals surface area (Å²) in [5.41, 5.74) is 6.18. The molecule has 5 heteroatoms. The van der Waals surface area contributed by atoms with Crippen molar-refractivity contribution in [3.05, 3.63) is 24.0 Å². The summed E-state index contributed by atoms with van der Waals surface area (Å²) in [4.78, 5) is 0. The lowest BCUT2D eigenvalue weighted by Crippen LogP contribution is -2.23. The first-order valence-electron chi connectivity index (χ1n) is 5.91. The lowest BCUT2D eigenvalue weighted by Gasteiger charge is -2.15. The zero-order valence-electron chi connectivity index (χ0n) is 10.6. The molecule has 1 aromatic carbocycles. The molecule has 0 aliphatic heterocycles. The van der Waals surface area contributed by atoms with Gasteiger partial charge in [-0.05, 0) is 12.1 Å². The number of anilines is 1. The Morgan fingerprint density at radius 1 is 1.17 bits per heavy atom. The largest absolute Gasteiger partial charge is 0.488 e. The van der Waals surface area contributed by atoms with E-state index in [2.05, 4.69) is 0 Å². The minimum absolute atomic E-state index is 0.00906. The van der Waals surface area contributed by atoms with Crippen LogP contribution in [0.15, 0.2) is 18.2 Å². The molecule has 1 fully saturated rings. The van der Waals surface area contributed by atoms with Gasteiger partial charge >= 0.3 is 0 Å². The molecule has 1 aliphatic carbocycles. The molecular formula is C13H18FNO3. The molecule has 100 valence electrons. The number of halogens is 1. The fourth-order valence-corrected chi connectivity index (χ4v) is 2.30. The van der Waals surface area contributed by atoms with Gasteiger partial charge in [-0.3, -0.25) is 0 Å². The molecule has 2 N–H and O–H groups in total. The number of methoxy groups -OCH3 is 2. The standard InChI is InChI=1S/C13H18FNO3/c1-16-12-6-9(7-13(12)17-2)18-11-5-8(14)3-4-10(11)15/h3-5,9,12-13H,6-7,15H2,1-2H3. The van der Waals surface area contributed by atoms with Gasteiger partial charge in [0, 0.05) is 33.1 Å². The second kappa shape index (κ2) is 5.54. The van der Waals surface area contributed by atoms with Crippen molar-refractivity contribution in [3.63, 3.8) is 0 Å². The van der Waals surface area contributed by atoms with Crippen LogP contribution in [-0.4, -0.2) is 32.5 Å². The zero-order chi connectivity index (χ0) is 13.1. The topological polar surface area (TPSA) is 53.7 Å². The first kappa shape index (κ1) is 13.1. The molecule has 0 aromatic heterocycles. The van der Waals surface area contributed by atoms with E-state index in [0.29, 0.717) is 24.3 Å². The summed E-state index contributed by atoms with van der Waals surface area (Å²) in [5, 5.41) is 0. The summed E-state index contributed by atoms with van der Waals surface area (Å²) in [5.74, 6) is 0.0235. The Morgan fingerprint density at radius 3 is 2.33 bits per heavy atom. The third-order valence-corrected chi connectivity index (χ3v) is 3.28. The Morgan fingerprint density at radius 2 is 1.78 bits per heavy atom. The van der Waals surface area contributed by atoms with Crippen molar-refractivity contribution in [2.75, 3.05) is 20.0 Å². The number of hydrogen-bond donors (Lipinski definition) is 1. The molecule has 1 aliphatic rings. The summed E-state index contributed by atoms with van der Waals surface area (Å²) in [6, 6.07) is 4.12. The van der Waals surface area contributed by atoms with Gasteiger partial charge in [-0.2, -0.15) is 0 Å². The van der Waals surface area contributed by atoms with Gasteiger partial charge in [-0.1, -0.05) is 0 Å². The summed E-state index contributed by atoms with van der Waals surface area (Å²) in [6.07, 6.45) is 1.38. The van der Waals surface area contributed by atoms with Crippen molar-refractivity contribution in [1.82, 2.24) is 0 Å². The average Bonchev–Trinajstić information content (AvgIpc) is 2.76. The van der Waals surface area contributed by atoms with Crippen LogP contribution in [0.2, 0.25) is 0 Å². The highest BCUT2D eigenvalue weighted by atomic mass is 19.1. The van der Waals surface area contributed by atoms with Crippen LogP contribution in [0.25, 0.3) is 0 Å². The molecular weight excluding hydrogens is 237 g/mol. The van der Waals surface area contributed by atoms with E-state index < -0.39 is 0 Å². The molecule has 4 nitrogen and oxygen atoms in total. The van der Waals surface area contributed by atoms with Crippen molar-refractivity contribution in [3.8, 4) is 5.75 Å². The Bertz CT molecular complexity index is 401. The average molecular weight is 255 g/mol. The van der Waals surface area contributed by atoms with Gasteiger partial charge in [0.15, 0.2) is 0 Å². The third-order valence-electron chi connectivity index (χ3n) is 3.28. The maximum absolute atomic E-state index is 13.1. The van der Waals surface area contributed by atoms with Gasteiger partial charge in [0.2, 0.25) is 0 Å². The van der Waals surface area contributed by atoms with Crippen LogP contribution in [0, 0.1) is 5.82 Å². The second-order valence-corrected chi connectivity index (χ2v) is 4.44. The van der Waals surface area contributed by atoms with Gasteiger partial charge in [-0.15, -0.1) is 0 Å². The Balaban J connectivity index is 2.04. The molecule has 0 radical (unpaired) electrons. The monoisotopic (exact) mass is 255 g/mol. The molecule has 2 unspecified atom stereocenters. The minimum atomic E-state index is -0.358. The van der Waals surface area contributed by atoms with Crippen molar-refractivity contribution in [2.45, 2.75) is 31.2 Å². The molecule has 1 saturated carbocycles. The van der Waals surface area contributed by atoms with Crippen LogP contribution >= 0.6 is 0 Å². The summed E-state index contributed by atoms with van der Waals surface area (Å²) in [7, 11) is 3.30. The SMILES string of the molecule is COC1CC(Oc2cc(F)ccc2N)CC1OC. The van der Waals surface area contributed by atoms with E-state index in [1.165, 1.54) is 18.2 Å². The van der Waals surface area contributed by atoms with E-state index in [-0.39, 0.29) is 24.1 Å². The van der Waals surface area contributed by atoms with Crippen molar-refractivity contribution < 1.29 is 18.6 Å². The number of hydrogen-bond acceptors (Lipinski definition) is 4. The molecule has 2 rings (SSSR count). The summed E-state index contributed by atoms with van der Waals surface area (Å²) < 4.78 is 29.5. The number of nitrogen functional groups attached to an aromatic ring is 1. The highest BCUT2D eigenvalue weighted by molar-refractivity contribution is 5.52. The summed E-state index contributed by atoms with van der Waals surface area (Å²) in [6.45, 7) is 0. The molecule has 0 saturated heterocycles. The van der Waals surface area contributed by atoms with Gasteiger partial charge in [0.05, 0.1) is 17.9 Å². The van der Waals surface area contributed by atoms with Gasteiger partial charge < -0.3 is 19.9 Å². The van der Waals surface area contributed by atoms with Crippen LogP contribution in [0.1, 0.15) is 12.8 Å². The van der Waals surface area contributed by atoms with Crippen LogP contribution in [0.4, 0.5) is 10.1 Å². The smallest absolute Gasteiger partial charge is 0.145 e. The number of ether oxygens (including phenoxy) is 3. The molecule has 0 spiro atoms. The normalized spacial score (nSPS) is 27.4. The predicted octanol–water partition coefficient (Wildman–Crippen LogP) is 1.98. The van der Waals surface area contributed by atoms with Gasteiger partial charge in [0.1, 0.15) is 17.7 Å². The summed E-state index contributed by atoms with van der Waals surface area (Å²) >= 11 is 0. The van der Waals surface area contributed by atoms with E-state index in [4.69, 9.17) is 19.9 Å². The highest BCUT2D eigenvalue weighted by Crippen LogP contribution is 2.31. The van der Waals surface area contributed by atoms with Crippen LogP contribution in [0.5, 0.6) is 5.75 Å². The van der Waals surface area contributed by atoms with Crippen molar-refractivity contribution >= 4 is 5.69 Å². The molecule has 0 bridgehead atoms. The zero-order valence-corrected chi connectivity index (χ0v) is 10.6. The van der Waals surface area contributed by atoms with E-state index in [9.17, 15) is 4.39 Å². The molecule has 18 heavy (non-hydrogen) atoms. The minimum Gasteiger partial charge on any atom is -0.488 e. The first-order valence-corrected chi connectivity index (χ1v) is 5.91.